The third-order valence-corrected chi connectivity index (χ3v) is 4.01. The van der Waals surface area contributed by atoms with E-state index in [1.54, 1.807) is 6.92 Å². The molecule has 0 heterocycles. The molecule has 2 aromatic rings. The summed E-state index contributed by atoms with van der Waals surface area (Å²) in [6.45, 7) is 3.63. The van der Waals surface area contributed by atoms with Crippen LogP contribution in [0.5, 0.6) is 0 Å². The van der Waals surface area contributed by atoms with Crippen molar-refractivity contribution in [2.75, 3.05) is 10.6 Å². The van der Waals surface area contributed by atoms with Crippen LogP contribution >= 0.6 is 15.9 Å². The molecule has 1 amide bonds. The minimum Gasteiger partial charge on any atom is -0.374 e. The Morgan fingerprint density at radius 2 is 1.77 bits per heavy atom. The van der Waals surface area contributed by atoms with Crippen LogP contribution in [0, 0.1) is 18.6 Å². The number of aryl methyl sites for hydroxylation is 1. The number of benzene rings is 2. The van der Waals surface area contributed by atoms with Crippen LogP contribution in [0.4, 0.5) is 20.2 Å². The van der Waals surface area contributed by atoms with Crippen molar-refractivity contribution in [2.45, 2.75) is 19.9 Å². The maximum atomic E-state index is 13.1. The monoisotopic (exact) mass is 368 g/mol. The first-order chi connectivity index (χ1) is 10.4. The molecule has 22 heavy (non-hydrogen) atoms. The number of rotatable bonds is 4. The number of carbonyl (C=O) groups is 1. The van der Waals surface area contributed by atoms with E-state index in [0.717, 1.165) is 27.9 Å². The van der Waals surface area contributed by atoms with Gasteiger partial charge in [0.2, 0.25) is 5.91 Å². The van der Waals surface area contributed by atoms with Gasteiger partial charge in [0.25, 0.3) is 0 Å². The van der Waals surface area contributed by atoms with E-state index >= 15 is 0 Å². The highest BCUT2D eigenvalue weighted by atomic mass is 79.9. The van der Waals surface area contributed by atoms with Gasteiger partial charge >= 0.3 is 0 Å². The van der Waals surface area contributed by atoms with Crippen molar-refractivity contribution >= 4 is 33.2 Å². The first-order valence-electron chi connectivity index (χ1n) is 6.65. The van der Waals surface area contributed by atoms with E-state index < -0.39 is 17.7 Å². The van der Waals surface area contributed by atoms with Crippen LogP contribution in [-0.2, 0) is 4.79 Å². The Morgan fingerprint density at radius 1 is 1.09 bits per heavy atom. The Kier molecular flexibility index (Phi) is 5.13. The van der Waals surface area contributed by atoms with Crippen LogP contribution in [0.25, 0.3) is 0 Å². The molecule has 0 aromatic heterocycles. The van der Waals surface area contributed by atoms with E-state index in [9.17, 15) is 13.6 Å². The number of halogens is 3. The Bertz CT molecular complexity index is 707. The summed E-state index contributed by atoms with van der Waals surface area (Å²) in [6, 6.07) is 8.34. The molecule has 0 saturated carbocycles. The third-order valence-electron chi connectivity index (χ3n) is 3.12. The summed E-state index contributed by atoms with van der Waals surface area (Å²) in [5, 5.41) is 5.59. The zero-order chi connectivity index (χ0) is 16.3. The molecule has 0 aliphatic rings. The summed E-state index contributed by atoms with van der Waals surface area (Å²) in [4.78, 5) is 12.1. The van der Waals surface area contributed by atoms with Crippen molar-refractivity contribution < 1.29 is 13.6 Å². The second-order valence-electron chi connectivity index (χ2n) is 4.95. The molecule has 6 heteroatoms. The molecule has 2 rings (SSSR count). The fourth-order valence-corrected chi connectivity index (χ4v) is 2.12. The summed E-state index contributed by atoms with van der Waals surface area (Å²) in [6.07, 6.45) is 0. The molecule has 3 nitrogen and oxygen atoms in total. The van der Waals surface area contributed by atoms with Crippen LogP contribution in [-0.4, -0.2) is 11.9 Å². The topological polar surface area (TPSA) is 41.1 Å². The van der Waals surface area contributed by atoms with Gasteiger partial charge in [-0.25, -0.2) is 8.78 Å². The molecule has 0 spiro atoms. The van der Waals surface area contributed by atoms with Gasteiger partial charge in [0, 0.05) is 21.9 Å². The van der Waals surface area contributed by atoms with Gasteiger partial charge in [-0.1, -0.05) is 15.9 Å². The lowest BCUT2D eigenvalue weighted by atomic mass is 10.2. The molecule has 0 radical (unpaired) electrons. The molecule has 116 valence electrons. The minimum atomic E-state index is -0.998. The summed E-state index contributed by atoms with van der Waals surface area (Å²) < 4.78 is 26.9. The third kappa shape index (κ3) is 4.04. The minimum absolute atomic E-state index is 0.213. The average molecular weight is 369 g/mol. The number of nitrogens with one attached hydrogen (secondary N) is 2. The van der Waals surface area contributed by atoms with Crippen molar-refractivity contribution in [3.63, 3.8) is 0 Å². The lowest BCUT2D eigenvalue weighted by Gasteiger charge is -2.16. The second kappa shape index (κ2) is 6.87. The van der Waals surface area contributed by atoms with Crippen LogP contribution in [0.2, 0.25) is 0 Å². The van der Waals surface area contributed by atoms with Crippen LogP contribution in [0.3, 0.4) is 0 Å². The van der Waals surface area contributed by atoms with Gasteiger partial charge in [-0.2, -0.15) is 0 Å². The quantitative estimate of drug-likeness (QED) is 0.835. The zero-order valence-corrected chi connectivity index (χ0v) is 13.7. The van der Waals surface area contributed by atoms with Gasteiger partial charge in [-0.3, -0.25) is 4.79 Å². The highest BCUT2D eigenvalue weighted by Crippen LogP contribution is 2.21. The Balaban J connectivity index is 2.02. The highest BCUT2D eigenvalue weighted by Gasteiger charge is 2.14. The second-order valence-corrected chi connectivity index (χ2v) is 5.80. The number of amides is 1. The molecule has 2 aromatic carbocycles. The lowest BCUT2D eigenvalue weighted by molar-refractivity contribution is -0.116. The predicted octanol–water partition coefficient (Wildman–Crippen LogP) is 4.47. The molecule has 0 saturated heterocycles. The van der Waals surface area contributed by atoms with Crippen molar-refractivity contribution in [3.8, 4) is 0 Å². The van der Waals surface area contributed by atoms with Crippen molar-refractivity contribution in [1.82, 2.24) is 0 Å². The van der Waals surface area contributed by atoms with Gasteiger partial charge in [0.15, 0.2) is 11.6 Å². The molecule has 1 unspecified atom stereocenters. The molecule has 0 aliphatic carbocycles. The number of anilines is 2. The van der Waals surface area contributed by atoms with Crippen LogP contribution in [0.1, 0.15) is 12.5 Å². The molecule has 1 atom stereocenters. The summed E-state index contributed by atoms with van der Waals surface area (Å²) >= 11 is 3.41. The summed E-state index contributed by atoms with van der Waals surface area (Å²) in [5.74, 6) is -2.29. The fraction of sp³-hybridized carbons (Fsp3) is 0.188. The van der Waals surface area contributed by atoms with Gasteiger partial charge in [-0.05, 0) is 49.7 Å². The molecule has 0 fully saturated rings. The largest absolute Gasteiger partial charge is 0.374 e. The van der Waals surface area contributed by atoms with E-state index in [2.05, 4.69) is 26.6 Å². The standard InChI is InChI=1S/C16H15BrF2N2O/c1-9-7-11(3-5-13(9)17)20-10(2)16(22)21-12-4-6-14(18)15(19)8-12/h3-8,10,20H,1-2H3,(H,21,22). The molecule has 0 bridgehead atoms. The lowest BCUT2D eigenvalue weighted by Crippen LogP contribution is -2.31. The van der Waals surface area contributed by atoms with Crippen molar-refractivity contribution in [3.05, 3.63) is 58.1 Å². The van der Waals surface area contributed by atoms with Gasteiger partial charge in [0.05, 0.1) is 0 Å². The molecule has 0 aliphatic heterocycles. The normalized spacial score (nSPS) is 11.9. The van der Waals surface area contributed by atoms with E-state index in [-0.39, 0.29) is 11.6 Å². The van der Waals surface area contributed by atoms with Crippen LogP contribution < -0.4 is 10.6 Å². The van der Waals surface area contributed by atoms with E-state index in [1.807, 2.05) is 25.1 Å². The number of carbonyl (C=O) groups excluding carboxylic acids is 1. The summed E-state index contributed by atoms with van der Waals surface area (Å²) in [5.41, 5.74) is 2.05. The van der Waals surface area contributed by atoms with E-state index in [1.165, 1.54) is 6.07 Å². The highest BCUT2D eigenvalue weighted by molar-refractivity contribution is 9.10. The predicted molar refractivity (Wildman–Crippen MR) is 87.0 cm³/mol. The molecule has 2 N–H and O–H groups in total. The SMILES string of the molecule is Cc1cc(NC(C)C(=O)Nc2ccc(F)c(F)c2)ccc1Br. The van der Waals surface area contributed by atoms with Crippen molar-refractivity contribution in [2.24, 2.45) is 0 Å². The van der Waals surface area contributed by atoms with Crippen LogP contribution in [0.15, 0.2) is 40.9 Å². The van der Waals surface area contributed by atoms with E-state index in [0.29, 0.717) is 0 Å². The van der Waals surface area contributed by atoms with Gasteiger partial charge in [-0.15, -0.1) is 0 Å². The molecular formula is C16H15BrF2N2O. The maximum Gasteiger partial charge on any atom is 0.246 e. The Morgan fingerprint density at radius 3 is 2.41 bits per heavy atom. The van der Waals surface area contributed by atoms with Crippen molar-refractivity contribution in [1.29, 1.82) is 0 Å². The maximum absolute atomic E-state index is 13.1. The zero-order valence-electron chi connectivity index (χ0n) is 12.1. The Labute approximate surface area is 135 Å². The Hall–Kier alpha value is -1.95. The van der Waals surface area contributed by atoms with Gasteiger partial charge in [0.1, 0.15) is 6.04 Å². The number of hydrogen-bond acceptors (Lipinski definition) is 2. The smallest absolute Gasteiger partial charge is 0.246 e. The first kappa shape index (κ1) is 16.4. The van der Waals surface area contributed by atoms with Gasteiger partial charge < -0.3 is 10.6 Å². The van der Waals surface area contributed by atoms with E-state index in [4.69, 9.17) is 0 Å². The molecular weight excluding hydrogens is 354 g/mol. The average Bonchev–Trinajstić information content (AvgIpc) is 2.46. The number of hydrogen-bond donors (Lipinski definition) is 2. The first-order valence-corrected chi connectivity index (χ1v) is 7.44. The summed E-state index contributed by atoms with van der Waals surface area (Å²) in [7, 11) is 0. The fourth-order valence-electron chi connectivity index (χ4n) is 1.87.